The molecule has 2 heterocycles. The van der Waals surface area contributed by atoms with Gasteiger partial charge >= 0.3 is 0 Å². The van der Waals surface area contributed by atoms with E-state index in [1.807, 2.05) is 18.5 Å². The molecule has 0 saturated heterocycles. The van der Waals surface area contributed by atoms with Crippen LogP contribution in [0, 0.1) is 0 Å². The van der Waals surface area contributed by atoms with Crippen molar-refractivity contribution in [3.05, 3.63) is 182 Å². The molecular formula is C44H30N4. The van der Waals surface area contributed by atoms with Crippen LogP contribution in [-0.2, 0) is 0 Å². The predicted molar refractivity (Wildman–Crippen MR) is 199 cm³/mol. The number of rotatable bonds is 6. The number of anilines is 3. The molecule has 0 radical (unpaired) electrons. The van der Waals surface area contributed by atoms with Gasteiger partial charge in [0.05, 0.1) is 11.0 Å². The monoisotopic (exact) mass is 614 g/mol. The van der Waals surface area contributed by atoms with Gasteiger partial charge in [0.1, 0.15) is 0 Å². The smallest absolute Gasteiger partial charge is 0.234 e. The van der Waals surface area contributed by atoms with Gasteiger partial charge in [-0.2, -0.15) is 0 Å². The summed E-state index contributed by atoms with van der Waals surface area (Å²) in [4.78, 5) is 12.1. The van der Waals surface area contributed by atoms with Gasteiger partial charge in [-0.05, 0) is 82.1 Å². The summed E-state index contributed by atoms with van der Waals surface area (Å²) >= 11 is 0. The van der Waals surface area contributed by atoms with Gasteiger partial charge in [-0.1, -0.05) is 115 Å². The Bertz CT molecular complexity index is 2540. The molecule has 9 aromatic rings. The topological polar surface area (TPSA) is 34.0 Å². The van der Waals surface area contributed by atoms with Crippen LogP contribution in [0.5, 0.6) is 0 Å². The lowest BCUT2D eigenvalue weighted by atomic mass is 10.0. The van der Waals surface area contributed by atoms with E-state index in [1.165, 1.54) is 32.6 Å². The third-order valence-electron chi connectivity index (χ3n) is 9.08. The van der Waals surface area contributed by atoms with Gasteiger partial charge in [0.2, 0.25) is 5.95 Å². The van der Waals surface area contributed by atoms with Gasteiger partial charge in [-0.25, -0.2) is 9.97 Å². The fourth-order valence-electron chi connectivity index (χ4n) is 6.72. The van der Waals surface area contributed by atoms with Crippen LogP contribution in [0.3, 0.4) is 0 Å². The quantitative estimate of drug-likeness (QED) is 0.187. The molecule has 0 saturated carbocycles. The maximum atomic E-state index is 4.97. The average molecular weight is 615 g/mol. The third kappa shape index (κ3) is 4.88. The summed E-state index contributed by atoms with van der Waals surface area (Å²) < 4.78 is 2.34. The number of benzene rings is 7. The summed E-state index contributed by atoms with van der Waals surface area (Å²) in [7, 11) is 0. The Morgan fingerprint density at radius 2 is 1.00 bits per heavy atom. The van der Waals surface area contributed by atoms with Gasteiger partial charge in [-0.15, -0.1) is 0 Å². The largest absolute Gasteiger partial charge is 0.309 e. The molecule has 7 aromatic carbocycles. The number of para-hydroxylation sites is 2. The Morgan fingerprint density at radius 1 is 0.396 bits per heavy atom. The number of nitrogens with zero attached hydrogens (tertiary/aromatic N) is 4. The number of fused-ring (bicyclic) bond motifs is 4. The van der Waals surface area contributed by atoms with Gasteiger partial charge in [0, 0.05) is 45.8 Å². The van der Waals surface area contributed by atoms with Crippen LogP contribution in [0.4, 0.5) is 17.3 Å². The first-order valence-corrected chi connectivity index (χ1v) is 16.2. The Balaban J connectivity index is 1.18. The molecule has 0 atom stereocenters. The Hall–Kier alpha value is -6.52. The van der Waals surface area contributed by atoms with Crippen LogP contribution >= 0.6 is 0 Å². The number of hydrogen-bond donors (Lipinski definition) is 0. The lowest BCUT2D eigenvalue weighted by molar-refractivity contribution is 1.08. The molecule has 0 bridgehead atoms. The maximum Gasteiger partial charge on any atom is 0.234 e. The minimum Gasteiger partial charge on any atom is -0.309 e. The van der Waals surface area contributed by atoms with E-state index < -0.39 is 0 Å². The van der Waals surface area contributed by atoms with Gasteiger partial charge in [0.15, 0.2) is 0 Å². The van der Waals surface area contributed by atoms with Crippen LogP contribution in [0.25, 0.3) is 60.5 Å². The Morgan fingerprint density at radius 3 is 1.79 bits per heavy atom. The van der Waals surface area contributed by atoms with Crippen LogP contribution < -0.4 is 4.90 Å². The fraction of sp³-hybridized carbons (Fsp3) is 0. The fourth-order valence-corrected chi connectivity index (χ4v) is 6.72. The molecule has 48 heavy (non-hydrogen) atoms. The van der Waals surface area contributed by atoms with E-state index in [0.29, 0.717) is 5.95 Å². The van der Waals surface area contributed by atoms with Crippen LogP contribution in [0.2, 0.25) is 0 Å². The number of aromatic nitrogens is 3. The molecule has 4 heteroatoms. The zero-order chi connectivity index (χ0) is 31.9. The highest BCUT2D eigenvalue weighted by Crippen LogP contribution is 2.39. The zero-order valence-electron chi connectivity index (χ0n) is 26.1. The SMILES string of the molecule is c1ccc(-c2ccc(N(c3ccc4c(c3)c3ccccc3n4-c3ccccc3)c3ncc(-c4ccc5ccccc5c4)cn3)cc2)cc1. The van der Waals surface area contributed by atoms with Crippen molar-refractivity contribution in [1.29, 1.82) is 0 Å². The highest BCUT2D eigenvalue weighted by Gasteiger charge is 2.19. The molecule has 0 fully saturated rings. The Labute approximate surface area is 278 Å². The average Bonchev–Trinajstić information content (AvgIpc) is 3.50. The summed E-state index contributed by atoms with van der Waals surface area (Å²) in [5, 5.41) is 4.78. The first-order chi connectivity index (χ1) is 23.8. The first-order valence-electron chi connectivity index (χ1n) is 16.2. The van der Waals surface area contributed by atoms with Crippen molar-refractivity contribution in [2.45, 2.75) is 0 Å². The summed E-state index contributed by atoms with van der Waals surface area (Å²) in [6, 6.07) is 59.8. The molecule has 0 amide bonds. The molecule has 0 aliphatic carbocycles. The molecule has 0 aliphatic rings. The van der Waals surface area contributed by atoms with Crippen molar-refractivity contribution in [3.63, 3.8) is 0 Å². The zero-order valence-corrected chi connectivity index (χ0v) is 26.1. The molecule has 4 nitrogen and oxygen atoms in total. The van der Waals surface area contributed by atoms with E-state index >= 15 is 0 Å². The highest BCUT2D eigenvalue weighted by atomic mass is 15.3. The third-order valence-corrected chi connectivity index (χ3v) is 9.08. The van der Waals surface area contributed by atoms with Crippen molar-refractivity contribution < 1.29 is 0 Å². The van der Waals surface area contributed by atoms with Gasteiger partial charge in [0.25, 0.3) is 0 Å². The predicted octanol–water partition coefficient (Wildman–Crippen LogP) is 11.5. The molecule has 2 aromatic heterocycles. The highest BCUT2D eigenvalue weighted by molar-refractivity contribution is 6.10. The van der Waals surface area contributed by atoms with E-state index in [0.717, 1.165) is 39.3 Å². The lowest BCUT2D eigenvalue weighted by Crippen LogP contribution is -2.13. The molecule has 226 valence electrons. The number of hydrogen-bond acceptors (Lipinski definition) is 3. The van der Waals surface area contributed by atoms with Gasteiger partial charge < -0.3 is 4.57 Å². The summed E-state index contributed by atoms with van der Waals surface area (Å²) in [6.07, 6.45) is 3.86. The molecule has 0 unspecified atom stereocenters. The van der Waals surface area contributed by atoms with Crippen molar-refractivity contribution >= 4 is 49.9 Å². The van der Waals surface area contributed by atoms with E-state index in [9.17, 15) is 0 Å². The van der Waals surface area contributed by atoms with Crippen molar-refractivity contribution in [3.8, 4) is 27.9 Å². The maximum absolute atomic E-state index is 4.97. The van der Waals surface area contributed by atoms with E-state index in [4.69, 9.17) is 9.97 Å². The standard InChI is InChI=1S/C44H30N4/c1-3-11-31(12-4-1)33-21-23-38(24-22-33)47(44-45-29-36(30-46-44)35-20-19-32-13-7-8-14-34(32)27-35)39-25-26-43-41(28-39)40-17-9-10-18-42(40)48(43)37-15-5-2-6-16-37/h1-30H. The van der Waals surface area contributed by atoms with E-state index in [2.05, 4.69) is 173 Å². The molecule has 0 aliphatic heterocycles. The molecule has 9 rings (SSSR count). The molecule has 0 N–H and O–H groups in total. The summed E-state index contributed by atoms with van der Waals surface area (Å²) in [6.45, 7) is 0. The second-order valence-corrected chi connectivity index (χ2v) is 12.0. The second-order valence-electron chi connectivity index (χ2n) is 12.0. The minimum atomic E-state index is 0.609. The van der Waals surface area contributed by atoms with Crippen molar-refractivity contribution in [1.82, 2.24) is 14.5 Å². The van der Waals surface area contributed by atoms with E-state index in [1.54, 1.807) is 0 Å². The van der Waals surface area contributed by atoms with Crippen molar-refractivity contribution in [2.75, 3.05) is 4.90 Å². The minimum absolute atomic E-state index is 0.609. The summed E-state index contributed by atoms with van der Waals surface area (Å²) in [5.74, 6) is 0.609. The van der Waals surface area contributed by atoms with Crippen molar-refractivity contribution in [2.24, 2.45) is 0 Å². The molecule has 0 spiro atoms. The Kier molecular flexibility index (Phi) is 6.76. The normalized spacial score (nSPS) is 11.3. The van der Waals surface area contributed by atoms with Crippen LogP contribution in [-0.4, -0.2) is 14.5 Å². The van der Waals surface area contributed by atoms with Gasteiger partial charge in [-0.3, -0.25) is 4.90 Å². The molecular weight excluding hydrogens is 585 g/mol. The van der Waals surface area contributed by atoms with Crippen LogP contribution in [0.1, 0.15) is 0 Å². The second kappa shape index (κ2) is 11.7. The summed E-state index contributed by atoms with van der Waals surface area (Å²) in [5.41, 5.74) is 9.85. The first kappa shape index (κ1) is 27.8. The lowest BCUT2D eigenvalue weighted by Gasteiger charge is -2.24. The van der Waals surface area contributed by atoms with E-state index in [-0.39, 0.29) is 0 Å². The van der Waals surface area contributed by atoms with Crippen LogP contribution in [0.15, 0.2) is 182 Å².